The lowest BCUT2D eigenvalue weighted by molar-refractivity contribution is 0.483. The van der Waals surface area contributed by atoms with Crippen molar-refractivity contribution in [1.29, 1.82) is 0 Å². The van der Waals surface area contributed by atoms with Crippen molar-refractivity contribution in [2.75, 3.05) is 0 Å². The zero-order valence-corrected chi connectivity index (χ0v) is 16.8. The number of benzene rings is 3. The quantitative estimate of drug-likeness (QED) is 0.283. The summed E-state index contributed by atoms with van der Waals surface area (Å²) < 4.78 is 32.2. The van der Waals surface area contributed by atoms with Crippen LogP contribution in [0.3, 0.4) is 0 Å². The Bertz CT molecular complexity index is 1780. The Morgan fingerprint density at radius 1 is 0.667 bits per heavy atom. The lowest BCUT2D eigenvalue weighted by atomic mass is 10.0. The van der Waals surface area contributed by atoms with E-state index in [2.05, 4.69) is 9.97 Å². The lowest BCUT2D eigenvalue weighted by Gasteiger charge is -2.09. The number of aryl methyl sites for hydroxylation is 2. The summed E-state index contributed by atoms with van der Waals surface area (Å²) in [4.78, 5) is 32.1. The number of rotatable bonds is 1. The van der Waals surface area contributed by atoms with Gasteiger partial charge in [0.15, 0.2) is 10.9 Å². The van der Waals surface area contributed by atoms with E-state index in [0.29, 0.717) is 32.7 Å². The molecule has 0 aliphatic heterocycles. The van der Waals surface area contributed by atoms with Crippen LogP contribution in [0.4, 0.5) is 0 Å². The van der Waals surface area contributed by atoms with Gasteiger partial charge >= 0.3 is 0 Å². The fourth-order valence-corrected chi connectivity index (χ4v) is 4.36. The van der Waals surface area contributed by atoms with Crippen LogP contribution in [-0.2, 0) is 10.1 Å². The van der Waals surface area contributed by atoms with E-state index in [-0.39, 0.29) is 26.7 Å². The van der Waals surface area contributed by atoms with Crippen LogP contribution in [0, 0.1) is 13.8 Å². The zero-order chi connectivity index (χ0) is 21.4. The fourth-order valence-electron chi connectivity index (χ4n) is 3.86. The molecule has 150 valence electrons. The van der Waals surface area contributed by atoms with Crippen molar-refractivity contribution >= 4 is 53.7 Å². The minimum Gasteiger partial charge on any atom is -0.354 e. The van der Waals surface area contributed by atoms with E-state index in [1.165, 1.54) is 18.2 Å². The summed E-state index contributed by atoms with van der Waals surface area (Å²) in [6, 6.07) is 10.7. The number of hydrogen-bond donors (Lipinski definition) is 3. The van der Waals surface area contributed by atoms with Crippen LogP contribution >= 0.6 is 0 Å². The average Bonchev–Trinajstić information content (AvgIpc) is 2.68. The Labute approximate surface area is 169 Å². The van der Waals surface area contributed by atoms with Gasteiger partial charge in [-0.2, -0.15) is 8.42 Å². The Kier molecular flexibility index (Phi) is 3.71. The SMILES string of the molecule is Cc1cc2[nH]c3cc4c(=O)c5ccc(S(=O)(=O)O)cc5[nH]c4cc3c(=O)c2cc1C. The van der Waals surface area contributed by atoms with Crippen molar-refractivity contribution in [1.82, 2.24) is 9.97 Å². The maximum absolute atomic E-state index is 13.1. The van der Waals surface area contributed by atoms with Gasteiger partial charge in [-0.15, -0.1) is 0 Å². The molecule has 3 N–H and O–H groups in total. The number of pyridine rings is 2. The van der Waals surface area contributed by atoms with E-state index in [9.17, 15) is 22.6 Å². The predicted octanol–water partition coefficient (Wildman–Crippen LogP) is 3.54. The van der Waals surface area contributed by atoms with Gasteiger partial charge < -0.3 is 9.97 Å². The summed E-state index contributed by atoms with van der Waals surface area (Å²) in [6.45, 7) is 3.91. The molecule has 0 saturated carbocycles. The molecule has 0 radical (unpaired) electrons. The van der Waals surface area contributed by atoms with E-state index in [0.717, 1.165) is 11.1 Å². The third-order valence-corrected chi connectivity index (χ3v) is 6.45. The van der Waals surface area contributed by atoms with Crippen molar-refractivity contribution in [2.24, 2.45) is 0 Å². The monoisotopic (exact) mass is 420 g/mol. The minimum absolute atomic E-state index is 0.156. The molecule has 2 heterocycles. The largest absolute Gasteiger partial charge is 0.354 e. The minimum atomic E-state index is -4.41. The number of H-pyrrole nitrogens is 2. The van der Waals surface area contributed by atoms with Crippen LogP contribution in [-0.4, -0.2) is 22.9 Å². The predicted molar refractivity (Wildman–Crippen MR) is 117 cm³/mol. The first-order chi connectivity index (χ1) is 14.1. The van der Waals surface area contributed by atoms with Crippen molar-refractivity contribution in [3.8, 4) is 0 Å². The normalized spacial score (nSPS) is 12.4. The maximum Gasteiger partial charge on any atom is 0.294 e. The van der Waals surface area contributed by atoms with Crippen molar-refractivity contribution in [3.05, 3.63) is 74.0 Å². The van der Waals surface area contributed by atoms with Crippen LogP contribution < -0.4 is 10.9 Å². The highest BCUT2D eigenvalue weighted by molar-refractivity contribution is 7.85. The van der Waals surface area contributed by atoms with Gasteiger partial charge in [0.05, 0.1) is 27.0 Å². The molecule has 3 aromatic carbocycles. The van der Waals surface area contributed by atoms with Crippen molar-refractivity contribution in [2.45, 2.75) is 18.7 Å². The summed E-state index contributed by atoms with van der Waals surface area (Å²) in [5.74, 6) is 0. The molecule has 0 aliphatic carbocycles. The average molecular weight is 420 g/mol. The van der Waals surface area contributed by atoms with Crippen LogP contribution in [0.1, 0.15) is 11.1 Å². The Morgan fingerprint density at radius 3 is 1.73 bits per heavy atom. The first-order valence-corrected chi connectivity index (χ1v) is 10.6. The van der Waals surface area contributed by atoms with Gasteiger partial charge in [-0.25, -0.2) is 0 Å². The van der Waals surface area contributed by atoms with Gasteiger partial charge in [-0.05, 0) is 67.4 Å². The first kappa shape index (κ1) is 18.5. The lowest BCUT2D eigenvalue weighted by Crippen LogP contribution is -2.09. The van der Waals surface area contributed by atoms with Crippen molar-refractivity contribution < 1.29 is 13.0 Å². The van der Waals surface area contributed by atoms with Crippen molar-refractivity contribution in [3.63, 3.8) is 0 Å². The van der Waals surface area contributed by atoms with Gasteiger partial charge in [0.25, 0.3) is 10.1 Å². The zero-order valence-electron chi connectivity index (χ0n) is 16.0. The smallest absolute Gasteiger partial charge is 0.294 e. The molecule has 0 atom stereocenters. The van der Waals surface area contributed by atoms with E-state index >= 15 is 0 Å². The molecule has 0 unspecified atom stereocenters. The van der Waals surface area contributed by atoms with Gasteiger partial charge in [0.1, 0.15) is 0 Å². The van der Waals surface area contributed by atoms with E-state index < -0.39 is 10.1 Å². The molecule has 2 aromatic heterocycles. The maximum atomic E-state index is 13.1. The molecule has 0 saturated heterocycles. The Balaban J connectivity index is 1.93. The second kappa shape index (κ2) is 6.01. The molecular formula is C22H16N2O5S. The second-order valence-electron chi connectivity index (χ2n) is 7.52. The molecule has 7 nitrogen and oxygen atoms in total. The van der Waals surface area contributed by atoms with E-state index in [1.807, 2.05) is 26.0 Å². The van der Waals surface area contributed by atoms with Crippen LogP contribution in [0.5, 0.6) is 0 Å². The molecule has 30 heavy (non-hydrogen) atoms. The number of fused-ring (bicyclic) bond motifs is 4. The highest BCUT2D eigenvalue weighted by atomic mass is 32.2. The van der Waals surface area contributed by atoms with Gasteiger partial charge in [0, 0.05) is 21.5 Å². The first-order valence-electron chi connectivity index (χ1n) is 9.18. The highest BCUT2D eigenvalue weighted by Crippen LogP contribution is 2.24. The summed E-state index contributed by atoms with van der Waals surface area (Å²) in [7, 11) is -4.41. The molecule has 0 fully saturated rings. The third-order valence-electron chi connectivity index (χ3n) is 5.60. The van der Waals surface area contributed by atoms with E-state index in [4.69, 9.17) is 0 Å². The highest BCUT2D eigenvalue weighted by Gasteiger charge is 2.14. The number of aromatic nitrogens is 2. The Hall–Kier alpha value is -3.49. The number of nitrogens with one attached hydrogen (secondary N) is 2. The molecule has 5 aromatic rings. The van der Waals surface area contributed by atoms with Gasteiger partial charge in [-0.1, -0.05) is 0 Å². The summed E-state index contributed by atoms with van der Waals surface area (Å²) >= 11 is 0. The molecular weight excluding hydrogens is 404 g/mol. The molecule has 0 bridgehead atoms. The van der Waals surface area contributed by atoms with Crippen LogP contribution in [0.2, 0.25) is 0 Å². The fraction of sp³-hybridized carbons (Fsp3) is 0.0909. The standard InChI is InChI=1S/C22H16N2O5S/c1-10-5-14-17(6-11(10)2)23-20-8-15-19(9-16(20)22(14)26)24-18-7-12(30(27,28)29)3-4-13(18)21(15)25/h3-9H,1-2H3,(H,23,26)(H,24,25)(H,27,28,29). The number of hydrogen-bond acceptors (Lipinski definition) is 4. The Morgan fingerprint density at radius 2 is 1.13 bits per heavy atom. The third kappa shape index (κ3) is 2.65. The van der Waals surface area contributed by atoms with E-state index in [1.54, 1.807) is 12.1 Å². The summed E-state index contributed by atoms with van der Waals surface area (Å²) in [5.41, 5.74) is 3.50. The summed E-state index contributed by atoms with van der Waals surface area (Å²) in [5, 5.41) is 1.62. The molecule has 5 rings (SSSR count). The molecule has 8 heteroatoms. The van der Waals surface area contributed by atoms with Gasteiger partial charge in [0.2, 0.25) is 0 Å². The van der Waals surface area contributed by atoms with Crippen LogP contribution in [0.25, 0.3) is 43.6 Å². The molecule has 0 spiro atoms. The second-order valence-corrected chi connectivity index (χ2v) is 8.94. The summed E-state index contributed by atoms with van der Waals surface area (Å²) in [6.07, 6.45) is 0. The number of aromatic amines is 2. The van der Waals surface area contributed by atoms with Gasteiger partial charge in [-0.3, -0.25) is 14.1 Å². The molecule has 0 amide bonds. The molecule has 0 aliphatic rings. The topological polar surface area (TPSA) is 120 Å². The van der Waals surface area contributed by atoms with Crippen LogP contribution in [0.15, 0.2) is 56.9 Å².